The van der Waals surface area contributed by atoms with E-state index in [1.807, 2.05) is 29.3 Å². The predicted octanol–water partition coefficient (Wildman–Crippen LogP) is 4.57. The number of piperidine rings is 1. The molecule has 2 N–H and O–H groups in total. The lowest BCUT2D eigenvalue weighted by Crippen LogP contribution is -2.45. The number of carbonyl (C=O) groups excluding carboxylic acids is 1. The highest BCUT2D eigenvalue weighted by Gasteiger charge is 2.27. The van der Waals surface area contributed by atoms with E-state index in [9.17, 15) is 4.79 Å². The summed E-state index contributed by atoms with van der Waals surface area (Å²) in [6.45, 7) is 3.54. The van der Waals surface area contributed by atoms with E-state index < -0.39 is 0 Å². The molecule has 1 saturated heterocycles. The highest BCUT2D eigenvalue weighted by molar-refractivity contribution is 7.23. The Bertz CT molecular complexity index is 674. The fourth-order valence-corrected chi connectivity index (χ4v) is 4.61. The standard InChI is InChI=1S/C15H18ClN3OS2.2ClH/c1-9(17)10-3-2-6-19(7-10)15(20)11-8-21-14(18-11)12-4-5-13(16)22-12;;/h4-5,8-10H,2-3,6-7,17H2,1H3;2*1H. The Kier molecular flexibility index (Phi) is 8.45. The fourth-order valence-electron chi connectivity index (χ4n) is 2.70. The van der Waals surface area contributed by atoms with Gasteiger partial charge in [0.1, 0.15) is 10.7 Å². The molecule has 1 amide bonds. The first-order chi connectivity index (χ1) is 10.5. The average Bonchev–Trinajstić information content (AvgIpc) is 3.15. The quantitative estimate of drug-likeness (QED) is 0.779. The third kappa shape index (κ3) is 4.84. The Balaban J connectivity index is 0.00000144. The molecule has 2 unspecified atom stereocenters. The predicted molar refractivity (Wildman–Crippen MR) is 107 cm³/mol. The summed E-state index contributed by atoms with van der Waals surface area (Å²) < 4.78 is 0.730. The van der Waals surface area contributed by atoms with Crippen LogP contribution in [-0.4, -0.2) is 34.9 Å². The number of likely N-dealkylation sites (tertiary alicyclic amines) is 1. The zero-order valence-corrected chi connectivity index (χ0v) is 17.1. The molecular weight excluding hydrogens is 409 g/mol. The molecule has 1 fully saturated rings. The minimum absolute atomic E-state index is 0. The van der Waals surface area contributed by atoms with Gasteiger partial charge in [0.25, 0.3) is 5.91 Å². The van der Waals surface area contributed by atoms with Gasteiger partial charge in [-0.3, -0.25) is 4.79 Å². The Morgan fingerprint density at radius 1 is 1.46 bits per heavy atom. The lowest BCUT2D eigenvalue weighted by atomic mass is 9.92. The van der Waals surface area contributed by atoms with Gasteiger partial charge in [-0.15, -0.1) is 47.5 Å². The van der Waals surface area contributed by atoms with Gasteiger partial charge in [-0.25, -0.2) is 4.98 Å². The van der Waals surface area contributed by atoms with E-state index in [0.717, 1.165) is 40.2 Å². The monoisotopic (exact) mass is 427 g/mol. The zero-order chi connectivity index (χ0) is 15.7. The lowest BCUT2D eigenvalue weighted by molar-refractivity contribution is 0.0656. The number of amides is 1. The molecule has 2 atom stereocenters. The Labute approximate surface area is 167 Å². The minimum Gasteiger partial charge on any atom is -0.337 e. The maximum Gasteiger partial charge on any atom is 0.273 e. The van der Waals surface area contributed by atoms with Gasteiger partial charge in [-0.2, -0.15) is 0 Å². The zero-order valence-electron chi connectivity index (χ0n) is 13.1. The van der Waals surface area contributed by atoms with Crippen molar-refractivity contribution >= 4 is 65.0 Å². The lowest BCUT2D eigenvalue weighted by Gasteiger charge is -2.34. The summed E-state index contributed by atoms with van der Waals surface area (Å²) in [6.07, 6.45) is 2.10. The second-order valence-electron chi connectivity index (χ2n) is 5.65. The largest absolute Gasteiger partial charge is 0.337 e. The van der Waals surface area contributed by atoms with Crippen LogP contribution < -0.4 is 5.73 Å². The highest BCUT2D eigenvalue weighted by Crippen LogP contribution is 2.33. The molecule has 0 bridgehead atoms. The van der Waals surface area contributed by atoms with Crippen LogP contribution in [0.3, 0.4) is 0 Å². The van der Waals surface area contributed by atoms with E-state index in [2.05, 4.69) is 4.98 Å². The number of nitrogens with two attached hydrogens (primary N) is 1. The molecule has 9 heteroatoms. The van der Waals surface area contributed by atoms with Crippen LogP contribution in [0.25, 0.3) is 9.88 Å². The summed E-state index contributed by atoms with van der Waals surface area (Å²) >= 11 is 8.92. The molecule has 1 aliphatic rings. The normalized spacial score (nSPS) is 18.5. The Morgan fingerprint density at radius 3 is 2.83 bits per heavy atom. The van der Waals surface area contributed by atoms with Crippen LogP contribution in [0.5, 0.6) is 0 Å². The van der Waals surface area contributed by atoms with Crippen molar-refractivity contribution in [1.29, 1.82) is 0 Å². The van der Waals surface area contributed by atoms with Crippen molar-refractivity contribution in [2.75, 3.05) is 13.1 Å². The van der Waals surface area contributed by atoms with Crippen molar-refractivity contribution in [2.24, 2.45) is 11.7 Å². The molecule has 3 rings (SSSR count). The van der Waals surface area contributed by atoms with E-state index in [-0.39, 0.29) is 36.8 Å². The van der Waals surface area contributed by atoms with Crippen LogP contribution in [-0.2, 0) is 0 Å². The van der Waals surface area contributed by atoms with Crippen molar-refractivity contribution < 1.29 is 4.79 Å². The number of aromatic nitrogens is 1. The topological polar surface area (TPSA) is 59.2 Å². The number of halogens is 3. The van der Waals surface area contributed by atoms with Crippen molar-refractivity contribution in [3.8, 4) is 9.88 Å². The van der Waals surface area contributed by atoms with E-state index in [0.29, 0.717) is 11.6 Å². The van der Waals surface area contributed by atoms with Gasteiger partial charge in [0, 0.05) is 24.5 Å². The highest BCUT2D eigenvalue weighted by atomic mass is 35.5. The molecule has 0 aliphatic carbocycles. The first-order valence-corrected chi connectivity index (χ1v) is 9.38. The Morgan fingerprint density at radius 2 is 2.21 bits per heavy atom. The molecule has 2 aromatic heterocycles. The molecule has 4 nitrogen and oxygen atoms in total. The van der Waals surface area contributed by atoms with Crippen LogP contribution in [0, 0.1) is 5.92 Å². The molecule has 0 spiro atoms. The van der Waals surface area contributed by atoms with E-state index in [1.54, 1.807) is 0 Å². The third-order valence-electron chi connectivity index (χ3n) is 4.00. The van der Waals surface area contributed by atoms with Crippen LogP contribution in [0.15, 0.2) is 17.5 Å². The smallest absolute Gasteiger partial charge is 0.273 e. The number of thiophene rings is 1. The van der Waals surface area contributed by atoms with Crippen LogP contribution in [0.1, 0.15) is 30.3 Å². The van der Waals surface area contributed by atoms with Crippen molar-refractivity contribution in [3.63, 3.8) is 0 Å². The SMILES string of the molecule is CC(N)C1CCCN(C(=O)c2csc(-c3ccc(Cl)s3)n2)C1.Cl.Cl. The summed E-state index contributed by atoms with van der Waals surface area (Å²) in [5.41, 5.74) is 6.51. The van der Waals surface area contributed by atoms with Gasteiger partial charge in [-0.05, 0) is 37.8 Å². The number of thiazole rings is 1. The van der Waals surface area contributed by atoms with Crippen molar-refractivity contribution in [3.05, 3.63) is 27.5 Å². The molecule has 0 aromatic carbocycles. The number of carbonyl (C=O) groups is 1. The summed E-state index contributed by atoms with van der Waals surface area (Å²) in [6, 6.07) is 3.91. The number of nitrogens with zero attached hydrogens (tertiary/aromatic N) is 2. The van der Waals surface area contributed by atoms with Gasteiger partial charge < -0.3 is 10.6 Å². The van der Waals surface area contributed by atoms with Gasteiger partial charge in [-0.1, -0.05) is 11.6 Å². The molecular formula is C15H20Cl3N3OS2. The number of rotatable bonds is 3. The number of hydrogen-bond acceptors (Lipinski definition) is 5. The second-order valence-corrected chi connectivity index (χ2v) is 8.23. The summed E-state index contributed by atoms with van der Waals surface area (Å²) in [7, 11) is 0. The molecule has 3 heterocycles. The van der Waals surface area contributed by atoms with Gasteiger partial charge in [0.15, 0.2) is 0 Å². The Hall–Kier alpha value is -0.370. The first kappa shape index (κ1) is 21.7. The van der Waals surface area contributed by atoms with E-state index >= 15 is 0 Å². The fraction of sp³-hybridized carbons (Fsp3) is 0.467. The van der Waals surface area contributed by atoms with E-state index in [1.165, 1.54) is 22.7 Å². The maximum atomic E-state index is 12.6. The van der Waals surface area contributed by atoms with Gasteiger partial charge in [0.05, 0.1) is 9.21 Å². The molecule has 2 aromatic rings. The summed E-state index contributed by atoms with van der Waals surface area (Å²) in [5.74, 6) is 0.391. The van der Waals surface area contributed by atoms with E-state index in [4.69, 9.17) is 17.3 Å². The molecule has 24 heavy (non-hydrogen) atoms. The molecule has 134 valence electrons. The number of hydrogen-bond donors (Lipinski definition) is 1. The summed E-state index contributed by atoms with van der Waals surface area (Å²) in [4.78, 5) is 20.0. The molecule has 0 radical (unpaired) electrons. The summed E-state index contributed by atoms with van der Waals surface area (Å²) in [5, 5.41) is 2.68. The minimum atomic E-state index is 0. The first-order valence-electron chi connectivity index (χ1n) is 7.30. The van der Waals surface area contributed by atoms with Gasteiger partial charge >= 0.3 is 0 Å². The van der Waals surface area contributed by atoms with Crippen molar-refractivity contribution in [2.45, 2.75) is 25.8 Å². The molecule has 0 saturated carbocycles. The van der Waals surface area contributed by atoms with Crippen molar-refractivity contribution in [1.82, 2.24) is 9.88 Å². The average molecular weight is 429 g/mol. The maximum absolute atomic E-state index is 12.6. The van der Waals surface area contributed by atoms with Gasteiger partial charge in [0.2, 0.25) is 0 Å². The van der Waals surface area contributed by atoms with Crippen LogP contribution in [0.4, 0.5) is 0 Å². The molecule has 1 aliphatic heterocycles. The van der Waals surface area contributed by atoms with Crippen LogP contribution in [0.2, 0.25) is 4.34 Å². The van der Waals surface area contributed by atoms with Crippen LogP contribution >= 0.6 is 59.1 Å². The third-order valence-corrected chi connectivity index (χ3v) is 6.24. The second kappa shape index (κ2) is 9.36.